The van der Waals surface area contributed by atoms with Crippen LogP contribution in [0.25, 0.3) is 0 Å². The summed E-state index contributed by atoms with van der Waals surface area (Å²) in [5.74, 6) is 2.06. The summed E-state index contributed by atoms with van der Waals surface area (Å²) in [4.78, 5) is 4.30. The van der Waals surface area contributed by atoms with Gasteiger partial charge in [-0.05, 0) is 47.5 Å². The zero-order valence-electron chi connectivity index (χ0n) is 11.7. The largest absolute Gasteiger partial charge is 0.503 e. The minimum atomic E-state index is 0.107. The molecular formula is C14H17BrN2O3. The molecule has 108 valence electrons. The highest BCUT2D eigenvalue weighted by molar-refractivity contribution is 9.10. The van der Waals surface area contributed by atoms with E-state index in [0.29, 0.717) is 29.2 Å². The van der Waals surface area contributed by atoms with E-state index in [-0.39, 0.29) is 5.75 Å². The molecule has 2 rings (SSSR count). The standard InChI is InChI=1S/C14H17BrN2O3/c1-8-9(2)20-13(17-8)7-16-6-10-4-11(15)14(18)12(5-10)19-3/h4-5,16,18H,6-7H2,1-3H3. The van der Waals surface area contributed by atoms with Crippen LogP contribution in [0.3, 0.4) is 0 Å². The number of phenolic OH excluding ortho intramolecular Hbond substituents is 1. The highest BCUT2D eigenvalue weighted by Gasteiger charge is 2.09. The second-order valence-corrected chi connectivity index (χ2v) is 5.34. The molecule has 0 radical (unpaired) electrons. The zero-order chi connectivity index (χ0) is 14.7. The molecule has 6 heteroatoms. The number of hydrogen-bond acceptors (Lipinski definition) is 5. The number of nitrogens with zero attached hydrogens (tertiary/aromatic N) is 1. The third-order valence-electron chi connectivity index (χ3n) is 2.99. The molecule has 0 fully saturated rings. The minimum Gasteiger partial charge on any atom is -0.503 e. The van der Waals surface area contributed by atoms with Gasteiger partial charge in [0, 0.05) is 6.54 Å². The van der Waals surface area contributed by atoms with Crippen LogP contribution in [-0.2, 0) is 13.1 Å². The second kappa shape index (κ2) is 6.28. The summed E-state index contributed by atoms with van der Waals surface area (Å²) in [6.45, 7) is 4.99. The number of aromatic hydroxyl groups is 1. The van der Waals surface area contributed by atoms with Crippen molar-refractivity contribution in [3.05, 3.63) is 39.5 Å². The van der Waals surface area contributed by atoms with Gasteiger partial charge in [0.2, 0.25) is 5.89 Å². The molecule has 2 N–H and O–H groups in total. The van der Waals surface area contributed by atoms with Gasteiger partial charge in [-0.2, -0.15) is 0 Å². The molecule has 0 aliphatic carbocycles. The lowest BCUT2D eigenvalue weighted by Crippen LogP contribution is -2.13. The molecule has 0 aliphatic heterocycles. The van der Waals surface area contributed by atoms with Crippen molar-refractivity contribution in [2.45, 2.75) is 26.9 Å². The van der Waals surface area contributed by atoms with Crippen molar-refractivity contribution in [2.75, 3.05) is 7.11 Å². The fourth-order valence-corrected chi connectivity index (χ4v) is 2.30. The number of oxazole rings is 1. The van der Waals surface area contributed by atoms with E-state index in [9.17, 15) is 5.11 Å². The Bertz CT molecular complexity index is 591. The van der Waals surface area contributed by atoms with E-state index in [0.717, 1.165) is 17.0 Å². The molecule has 1 aromatic carbocycles. The summed E-state index contributed by atoms with van der Waals surface area (Å²) in [5.41, 5.74) is 1.90. The average Bonchev–Trinajstić information content (AvgIpc) is 2.72. The molecule has 0 spiro atoms. The van der Waals surface area contributed by atoms with Gasteiger partial charge in [-0.25, -0.2) is 4.98 Å². The third-order valence-corrected chi connectivity index (χ3v) is 3.59. The van der Waals surface area contributed by atoms with Gasteiger partial charge in [0.15, 0.2) is 11.5 Å². The maximum Gasteiger partial charge on any atom is 0.208 e. The van der Waals surface area contributed by atoms with E-state index in [1.807, 2.05) is 19.9 Å². The Labute approximate surface area is 126 Å². The van der Waals surface area contributed by atoms with Gasteiger partial charge in [0.25, 0.3) is 0 Å². The van der Waals surface area contributed by atoms with E-state index in [2.05, 4.69) is 26.2 Å². The van der Waals surface area contributed by atoms with Crippen LogP contribution in [0.1, 0.15) is 22.9 Å². The van der Waals surface area contributed by atoms with Crippen molar-refractivity contribution < 1.29 is 14.3 Å². The highest BCUT2D eigenvalue weighted by Crippen LogP contribution is 2.35. The lowest BCUT2D eigenvalue weighted by molar-refractivity contribution is 0.371. The molecule has 0 aliphatic rings. The molecule has 1 aromatic heterocycles. The highest BCUT2D eigenvalue weighted by atomic mass is 79.9. The van der Waals surface area contributed by atoms with Crippen molar-refractivity contribution >= 4 is 15.9 Å². The maximum absolute atomic E-state index is 9.74. The number of halogens is 1. The normalized spacial score (nSPS) is 10.8. The summed E-state index contributed by atoms with van der Waals surface area (Å²) in [5, 5.41) is 13.0. The predicted octanol–water partition coefficient (Wildman–Crippen LogP) is 3.06. The number of aryl methyl sites for hydroxylation is 2. The van der Waals surface area contributed by atoms with E-state index >= 15 is 0 Å². The molecule has 1 heterocycles. The second-order valence-electron chi connectivity index (χ2n) is 4.48. The Morgan fingerprint density at radius 1 is 1.35 bits per heavy atom. The van der Waals surface area contributed by atoms with E-state index in [1.54, 1.807) is 6.07 Å². The first-order valence-electron chi connectivity index (χ1n) is 6.20. The van der Waals surface area contributed by atoms with Crippen molar-refractivity contribution in [1.82, 2.24) is 10.3 Å². The fraction of sp³-hybridized carbons (Fsp3) is 0.357. The lowest BCUT2D eigenvalue weighted by atomic mass is 10.2. The van der Waals surface area contributed by atoms with Crippen LogP contribution in [0.5, 0.6) is 11.5 Å². The van der Waals surface area contributed by atoms with Crippen LogP contribution < -0.4 is 10.1 Å². The fourth-order valence-electron chi connectivity index (χ4n) is 1.81. The Balaban J connectivity index is 1.99. The molecular weight excluding hydrogens is 324 g/mol. The van der Waals surface area contributed by atoms with Crippen LogP contribution in [0, 0.1) is 13.8 Å². The summed E-state index contributed by atoms with van der Waals surface area (Å²) >= 11 is 3.30. The maximum atomic E-state index is 9.74. The SMILES string of the molecule is COc1cc(CNCc2nc(C)c(C)o2)cc(Br)c1O. The first kappa shape index (κ1) is 14.9. The van der Waals surface area contributed by atoms with Gasteiger partial charge >= 0.3 is 0 Å². The first-order valence-corrected chi connectivity index (χ1v) is 6.99. The minimum absolute atomic E-state index is 0.107. The Morgan fingerprint density at radius 3 is 2.70 bits per heavy atom. The Kier molecular flexibility index (Phi) is 4.67. The van der Waals surface area contributed by atoms with Gasteiger partial charge < -0.3 is 19.6 Å². The van der Waals surface area contributed by atoms with Gasteiger partial charge in [-0.1, -0.05) is 0 Å². The number of ether oxygens (including phenoxy) is 1. The van der Waals surface area contributed by atoms with Gasteiger partial charge in [-0.15, -0.1) is 0 Å². The third kappa shape index (κ3) is 3.32. The number of benzene rings is 1. The molecule has 0 saturated carbocycles. The monoisotopic (exact) mass is 340 g/mol. The topological polar surface area (TPSA) is 67.5 Å². The molecule has 0 amide bonds. The summed E-state index contributed by atoms with van der Waals surface area (Å²) in [6, 6.07) is 3.63. The quantitative estimate of drug-likeness (QED) is 0.875. The number of nitrogens with one attached hydrogen (secondary N) is 1. The van der Waals surface area contributed by atoms with Gasteiger partial charge in [0.05, 0.1) is 23.8 Å². The van der Waals surface area contributed by atoms with Crippen LogP contribution >= 0.6 is 15.9 Å². The molecule has 20 heavy (non-hydrogen) atoms. The molecule has 2 aromatic rings. The van der Waals surface area contributed by atoms with Gasteiger partial charge in [0.1, 0.15) is 5.76 Å². The van der Waals surface area contributed by atoms with Crippen LogP contribution in [-0.4, -0.2) is 17.2 Å². The Hall–Kier alpha value is -1.53. The van der Waals surface area contributed by atoms with E-state index in [1.165, 1.54) is 7.11 Å². The smallest absolute Gasteiger partial charge is 0.208 e. The van der Waals surface area contributed by atoms with E-state index in [4.69, 9.17) is 9.15 Å². The molecule has 0 unspecified atom stereocenters. The van der Waals surface area contributed by atoms with Crippen LogP contribution in [0.2, 0.25) is 0 Å². The van der Waals surface area contributed by atoms with E-state index < -0.39 is 0 Å². The zero-order valence-corrected chi connectivity index (χ0v) is 13.2. The first-order chi connectivity index (χ1) is 9.51. The number of hydrogen-bond donors (Lipinski definition) is 2. The molecule has 5 nitrogen and oxygen atoms in total. The van der Waals surface area contributed by atoms with Gasteiger partial charge in [-0.3, -0.25) is 0 Å². The molecule has 0 bridgehead atoms. The number of rotatable bonds is 5. The van der Waals surface area contributed by atoms with Crippen molar-refractivity contribution in [1.29, 1.82) is 0 Å². The van der Waals surface area contributed by atoms with Crippen molar-refractivity contribution in [2.24, 2.45) is 0 Å². The summed E-state index contributed by atoms with van der Waals surface area (Å²) in [6.07, 6.45) is 0. The van der Waals surface area contributed by atoms with Crippen molar-refractivity contribution in [3.8, 4) is 11.5 Å². The molecule has 0 saturated heterocycles. The number of aromatic nitrogens is 1. The van der Waals surface area contributed by atoms with Crippen molar-refractivity contribution in [3.63, 3.8) is 0 Å². The Morgan fingerprint density at radius 2 is 2.10 bits per heavy atom. The van der Waals surface area contributed by atoms with Crippen LogP contribution in [0.4, 0.5) is 0 Å². The number of methoxy groups -OCH3 is 1. The summed E-state index contributed by atoms with van der Waals surface area (Å²) < 4.78 is 11.2. The number of phenols is 1. The lowest BCUT2D eigenvalue weighted by Gasteiger charge is -2.09. The average molecular weight is 341 g/mol. The summed E-state index contributed by atoms with van der Waals surface area (Å²) in [7, 11) is 1.52. The predicted molar refractivity (Wildman–Crippen MR) is 78.9 cm³/mol. The molecule has 0 atom stereocenters. The van der Waals surface area contributed by atoms with Crippen LogP contribution in [0.15, 0.2) is 21.0 Å².